The molecule has 106 valence electrons. The van der Waals surface area contributed by atoms with Crippen LogP contribution in [0.2, 0.25) is 0 Å². The van der Waals surface area contributed by atoms with E-state index < -0.39 is 5.54 Å². The number of hydrogen-bond donors (Lipinski definition) is 1. The van der Waals surface area contributed by atoms with Crippen molar-refractivity contribution in [1.82, 2.24) is 10.2 Å². The van der Waals surface area contributed by atoms with Crippen LogP contribution in [0.15, 0.2) is 0 Å². The van der Waals surface area contributed by atoms with Gasteiger partial charge in [-0.2, -0.15) is 0 Å². The molecule has 0 aromatic carbocycles. The number of carbonyl (C=O) groups is 1. The van der Waals surface area contributed by atoms with Gasteiger partial charge >= 0.3 is 5.97 Å². The maximum atomic E-state index is 12.1. The van der Waals surface area contributed by atoms with E-state index in [9.17, 15) is 4.79 Å². The summed E-state index contributed by atoms with van der Waals surface area (Å²) in [5.41, 5.74) is -0.581. The first-order valence-electron chi connectivity index (χ1n) is 7.23. The average Bonchev–Trinajstić information content (AvgIpc) is 3.13. The summed E-state index contributed by atoms with van der Waals surface area (Å²) in [4.78, 5) is 14.6. The highest BCUT2D eigenvalue weighted by Gasteiger charge is 2.39. The molecule has 1 fully saturated rings. The summed E-state index contributed by atoms with van der Waals surface area (Å²) in [6.07, 6.45) is 3.66. The Labute approximate surface area is 111 Å². The van der Waals surface area contributed by atoms with Crippen LogP contribution < -0.4 is 5.32 Å². The molecular formula is C14H28N2O2. The molecular weight excluding hydrogens is 228 g/mol. The number of nitrogens with one attached hydrogen (secondary N) is 1. The second-order valence-corrected chi connectivity index (χ2v) is 5.28. The van der Waals surface area contributed by atoms with Crippen LogP contribution in [-0.2, 0) is 9.53 Å². The number of nitrogens with zero attached hydrogens (tertiary/aromatic N) is 1. The van der Waals surface area contributed by atoms with Crippen molar-refractivity contribution in [2.45, 2.75) is 58.5 Å². The van der Waals surface area contributed by atoms with Gasteiger partial charge in [0, 0.05) is 12.6 Å². The van der Waals surface area contributed by atoms with Crippen molar-refractivity contribution >= 4 is 5.97 Å². The number of rotatable bonds is 9. The van der Waals surface area contributed by atoms with Crippen molar-refractivity contribution in [3.63, 3.8) is 0 Å². The minimum atomic E-state index is -0.581. The normalized spacial score (nSPS) is 18.7. The summed E-state index contributed by atoms with van der Waals surface area (Å²) in [5, 5.41) is 3.30. The van der Waals surface area contributed by atoms with Crippen LogP contribution in [0.25, 0.3) is 0 Å². The van der Waals surface area contributed by atoms with Crippen LogP contribution in [-0.4, -0.2) is 48.7 Å². The number of ether oxygens (including phenoxy) is 1. The molecule has 0 saturated heterocycles. The minimum absolute atomic E-state index is 0.131. The van der Waals surface area contributed by atoms with E-state index in [2.05, 4.69) is 17.1 Å². The lowest BCUT2D eigenvalue weighted by Crippen LogP contribution is -2.58. The fourth-order valence-electron chi connectivity index (χ4n) is 2.40. The van der Waals surface area contributed by atoms with Gasteiger partial charge in [0.15, 0.2) is 0 Å². The lowest BCUT2D eigenvalue weighted by molar-refractivity contribution is -0.151. The SMILES string of the molecule is CCCN(CC(C)(NCC)C(=O)OCC)C1CC1. The lowest BCUT2D eigenvalue weighted by Gasteiger charge is -2.34. The molecule has 4 heteroatoms. The van der Waals surface area contributed by atoms with Crippen molar-refractivity contribution < 1.29 is 9.53 Å². The Balaban J connectivity index is 2.66. The maximum Gasteiger partial charge on any atom is 0.327 e. The topological polar surface area (TPSA) is 41.6 Å². The van der Waals surface area contributed by atoms with Crippen molar-refractivity contribution in [2.75, 3.05) is 26.2 Å². The lowest BCUT2D eigenvalue weighted by atomic mass is 10.0. The molecule has 0 radical (unpaired) electrons. The smallest absolute Gasteiger partial charge is 0.327 e. The third-order valence-corrected chi connectivity index (χ3v) is 3.39. The highest BCUT2D eigenvalue weighted by atomic mass is 16.5. The van der Waals surface area contributed by atoms with E-state index >= 15 is 0 Å². The van der Waals surface area contributed by atoms with E-state index in [1.807, 2.05) is 20.8 Å². The van der Waals surface area contributed by atoms with Gasteiger partial charge in [-0.1, -0.05) is 13.8 Å². The third-order valence-electron chi connectivity index (χ3n) is 3.39. The predicted octanol–water partition coefficient (Wildman–Crippen LogP) is 1.79. The number of esters is 1. The zero-order valence-corrected chi connectivity index (χ0v) is 12.3. The van der Waals surface area contributed by atoms with Crippen LogP contribution in [0, 0.1) is 0 Å². The molecule has 0 amide bonds. The van der Waals surface area contributed by atoms with E-state index in [1.165, 1.54) is 12.8 Å². The molecule has 4 nitrogen and oxygen atoms in total. The molecule has 1 rings (SSSR count). The molecule has 1 aliphatic carbocycles. The number of hydrogen-bond acceptors (Lipinski definition) is 4. The van der Waals surface area contributed by atoms with Gasteiger partial charge in [0.1, 0.15) is 5.54 Å². The van der Waals surface area contributed by atoms with E-state index in [1.54, 1.807) is 0 Å². The second kappa shape index (κ2) is 7.10. The minimum Gasteiger partial charge on any atom is -0.465 e. The fourth-order valence-corrected chi connectivity index (χ4v) is 2.40. The Bertz CT molecular complexity index is 267. The Morgan fingerprint density at radius 1 is 1.39 bits per heavy atom. The molecule has 18 heavy (non-hydrogen) atoms. The van der Waals surface area contributed by atoms with Gasteiger partial charge in [0.25, 0.3) is 0 Å². The first kappa shape index (κ1) is 15.4. The van der Waals surface area contributed by atoms with Gasteiger partial charge in [0.2, 0.25) is 0 Å². The highest BCUT2D eigenvalue weighted by Crippen LogP contribution is 2.28. The average molecular weight is 256 g/mol. The van der Waals surface area contributed by atoms with Crippen molar-refractivity contribution in [3.8, 4) is 0 Å². The third kappa shape index (κ3) is 4.25. The molecule has 1 unspecified atom stereocenters. The van der Waals surface area contributed by atoms with Gasteiger partial charge < -0.3 is 10.1 Å². The molecule has 0 heterocycles. The number of carbonyl (C=O) groups excluding carboxylic acids is 1. The summed E-state index contributed by atoms with van der Waals surface area (Å²) in [5.74, 6) is -0.131. The Hall–Kier alpha value is -0.610. The van der Waals surface area contributed by atoms with Gasteiger partial charge in [-0.05, 0) is 46.2 Å². The standard InChI is InChI=1S/C14H28N2O2/c1-5-10-16(12-8-9-12)11-14(4,15-6-2)13(17)18-7-3/h12,15H,5-11H2,1-4H3. The first-order valence-corrected chi connectivity index (χ1v) is 7.23. The molecule has 1 atom stereocenters. The zero-order valence-electron chi connectivity index (χ0n) is 12.3. The van der Waals surface area contributed by atoms with Gasteiger partial charge in [-0.25, -0.2) is 0 Å². The van der Waals surface area contributed by atoms with Crippen LogP contribution in [0.5, 0.6) is 0 Å². The molecule has 0 aromatic heterocycles. The molecule has 1 aliphatic rings. The largest absolute Gasteiger partial charge is 0.465 e. The molecule has 0 bridgehead atoms. The van der Waals surface area contributed by atoms with E-state index in [0.29, 0.717) is 12.6 Å². The fraction of sp³-hybridized carbons (Fsp3) is 0.929. The molecule has 1 saturated carbocycles. The van der Waals surface area contributed by atoms with Gasteiger partial charge in [-0.15, -0.1) is 0 Å². The predicted molar refractivity (Wildman–Crippen MR) is 73.6 cm³/mol. The quantitative estimate of drug-likeness (QED) is 0.639. The van der Waals surface area contributed by atoms with Crippen LogP contribution in [0.1, 0.15) is 47.0 Å². The van der Waals surface area contributed by atoms with Crippen LogP contribution in [0.4, 0.5) is 0 Å². The van der Waals surface area contributed by atoms with Crippen molar-refractivity contribution in [1.29, 1.82) is 0 Å². The van der Waals surface area contributed by atoms with Crippen LogP contribution in [0.3, 0.4) is 0 Å². The summed E-state index contributed by atoms with van der Waals surface area (Å²) in [6, 6.07) is 0.678. The van der Waals surface area contributed by atoms with E-state index in [0.717, 1.165) is 26.1 Å². The molecule has 0 spiro atoms. The van der Waals surface area contributed by atoms with Gasteiger partial charge in [0.05, 0.1) is 6.61 Å². The number of likely N-dealkylation sites (N-methyl/N-ethyl adjacent to an activating group) is 1. The summed E-state index contributed by atoms with van der Waals surface area (Å²) >= 11 is 0. The summed E-state index contributed by atoms with van der Waals surface area (Å²) in [6.45, 7) is 11.1. The maximum absolute atomic E-state index is 12.1. The molecule has 1 N–H and O–H groups in total. The summed E-state index contributed by atoms with van der Waals surface area (Å²) in [7, 11) is 0. The molecule has 0 aromatic rings. The zero-order chi connectivity index (χ0) is 13.6. The molecule has 0 aliphatic heterocycles. The summed E-state index contributed by atoms with van der Waals surface area (Å²) < 4.78 is 5.21. The van der Waals surface area contributed by atoms with Crippen molar-refractivity contribution in [3.05, 3.63) is 0 Å². The Morgan fingerprint density at radius 3 is 2.50 bits per heavy atom. The van der Waals surface area contributed by atoms with Crippen molar-refractivity contribution in [2.24, 2.45) is 0 Å². The Morgan fingerprint density at radius 2 is 2.06 bits per heavy atom. The highest BCUT2D eigenvalue weighted by molar-refractivity contribution is 5.80. The second-order valence-electron chi connectivity index (χ2n) is 5.28. The Kier molecular flexibility index (Phi) is 6.09. The van der Waals surface area contributed by atoms with Crippen LogP contribution >= 0.6 is 0 Å². The monoisotopic (exact) mass is 256 g/mol. The van der Waals surface area contributed by atoms with E-state index in [-0.39, 0.29) is 5.97 Å². The van der Waals surface area contributed by atoms with E-state index in [4.69, 9.17) is 4.74 Å². The first-order chi connectivity index (χ1) is 8.57. The van der Waals surface area contributed by atoms with Gasteiger partial charge in [-0.3, -0.25) is 9.69 Å².